The molecule has 0 heterocycles. The first-order chi connectivity index (χ1) is 5.80. The molecule has 12 heavy (non-hydrogen) atoms. The first kappa shape index (κ1) is 7.67. The fraction of sp³-hybridized carbons (Fsp3) is 1.00. The summed E-state index contributed by atoms with van der Waals surface area (Å²) in [5.74, 6) is 4.14. The molecule has 0 amide bonds. The Morgan fingerprint density at radius 1 is 0.917 bits per heavy atom. The Kier molecular flexibility index (Phi) is 1.54. The molecule has 4 fully saturated rings. The minimum absolute atomic E-state index is 0.607. The van der Waals surface area contributed by atoms with E-state index >= 15 is 0 Å². The van der Waals surface area contributed by atoms with Gasteiger partial charge in [-0.3, -0.25) is 0 Å². The predicted molar refractivity (Wildman–Crippen MR) is 51.3 cm³/mol. The average Bonchev–Trinajstić information content (AvgIpc) is 2.02. The minimum Gasteiger partial charge on any atom is -0.126 e. The number of hydrogen-bond acceptors (Lipinski definition) is 0. The molecule has 0 N–H and O–H groups in total. The predicted octanol–water partition coefficient (Wildman–Crippen LogP) is 3.44. The minimum atomic E-state index is 0.607. The molecule has 4 bridgehead atoms. The molecule has 0 nitrogen and oxygen atoms in total. The van der Waals surface area contributed by atoms with E-state index in [-0.39, 0.29) is 0 Å². The summed E-state index contributed by atoms with van der Waals surface area (Å²) in [7, 11) is 0. The van der Waals surface area contributed by atoms with Crippen molar-refractivity contribution in [2.45, 2.75) is 38.5 Å². The van der Waals surface area contributed by atoms with Crippen molar-refractivity contribution in [2.24, 2.45) is 23.2 Å². The average molecular weight is 185 g/mol. The summed E-state index contributed by atoms with van der Waals surface area (Å²) in [6.07, 6.45) is 9.00. The van der Waals surface area contributed by atoms with Crippen LogP contribution >= 0.6 is 11.6 Å². The molecular formula is C11H17Cl. The van der Waals surface area contributed by atoms with Crippen molar-refractivity contribution in [1.82, 2.24) is 0 Å². The maximum atomic E-state index is 6.12. The summed E-state index contributed by atoms with van der Waals surface area (Å²) in [6.45, 7) is 0. The molecule has 0 unspecified atom stereocenters. The second-order valence-corrected chi connectivity index (χ2v) is 5.82. The molecule has 4 rings (SSSR count). The second kappa shape index (κ2) is 2.41. The van der Waals surface area contributed by atoms with Crippen LogP contribution in [-0.2, 0) is 0 Å². The highest BCUT2D eigenvalue weighted by Gasteiger charge is 2.50. The third kappa shape index (κ3) is 0.968. The Hall–Kier alpha value is 0.290. The number of hydrogen-bond donors (Lipinski definition) is 0. The van der Waals surface area contributed by atoms with Gasteiger partial charge in [0.2, 0.25) is 0 Å². The number of halogens is 1. The first-order valence-electron chi connectivity index (χ1n) is 5.36. The van der Waals surface area contributed by atoms with Gasteiger partial charge >= 0.3 is 0 Å². The van der Waals surface area contributed by atoms with Crippen LogP contribution in [-0.4, -0.2) is 5.88 Å². The fourth-order valence-corrected chi connectivity index (χ4v) is 4.78. The van der Waals surface area contributed by atoms with Crippen LogP contribution in [0, 0.1) is 23.2 Å². The second-order valence-electron chi connectivity index (χ2n) is 5.55. The lowest BCUT2D eigenvalue weighted by atomic mass is 9.50. The number of rotatable bonds is 1. The molecule has 1 heteroatoms. The Morgan fingerprint density at radius 3 is 1.67 bits per heavy atom. The van der Waals surface area contributed by atoms with Gasteiger partial charge in [0.1, 0.15) is 0 Å². The Balaban J connectivity index is 1.90. The lowest BCUT2D eigenvalue weighted by Gasteiger charge is -2.56. The van der Waals surface area contributed by atoms with Gasteiger partial charge in [0, 0.05) is 5.88 Å². The highest BCUT2D eigenvalue weighted by atomic mass is 35.5. The van der Waals surface area contributed by atoms with E-state index in [4.69, 9.17) is 11.6 Å². The first-order valence-corrected chi connectivity index (χ1v) is 5.89. The maximum absolute atomic E-state index is 6.12. The molecule has 4 saturated carbocycles. The van der Waals surface area contributed by atoms with Gasteiger partial charge in [0.05, 0.1) is 0 Å². The van der Waals surface area contributed by atoms with Crippen LogP contribution in [0.4, 0.5) is 0 Å². The third-order valence-corrected chi connectivity index (χ3v) is 5.02. The van der Waals surface area contributed by atoms with Crippen LogP contribution in [0.2, 0.25) is 0 Å². The summed E-state index contributed by atoms with van der Waals surface area (Å²) >= 11 is 6.12. The van der Waals surface area contributed by atoms with Gasteiger partial charge in [0.25, 0.3) is 0 Å². The molecule has 0 aromatic carbocycles. The summed E-state index contributed by atoms with van der Waals surface area (Å²) < 4.78 is 0. The molecule has 0 aliphatic heterocycles. The van der Waals surface area contributed by atoms with Crippen molar-refractivity contribution in [3.05, 3.63) is 0 Å². The maximum Gasteiger partial charge on any atom is 0.0280 e. The van der Waals surface area contributed by atoms with Gasteiger partial charge in [-0.15, -0.1) is 11.6 Å². The van der Waals surface area contributed by atoms with Gasteiger partial charge in [-0.1, -0.05) is 0 Å². The molecule has 0 saturated heterocycles. The van der Waals surface area contributed by atoms with Crippen molar-refractivity contribution >= 4 is 11.6 Å². The summed E-state index contributed by atoms with van der Waals surface area (Å²) in [6, 6.07) is 0. The van der Waals surface area contributed by atoms with Gasteiger partial charge in [0.15, 0.2) is 0 Å². The quantitative estimate of drug-likeness (QED) is 0.548. The zero-order chi connectivity index (χ0) is 8.18. The van der Waals surface area contributed by atoms with E-state index in [0.29, 0.717) is 5.41 Å². The van der Waals surface area contributed by atoms with E-state index in [1.807, 2.05) is 0 Å². The van der Waals surface area contributed by atoms with Gasteiger partial charge in [-0.25, -0.2) is 0 Å². The van der Waals surface area contributed by atoms with Crippen LogP contribution in [0.25, 0.3) is 0 Å². The van der Waals surface area contributed by atoms with Crippen molar-refractivity contribution < 1.29 is 0 Å². The van der Waals surface area contributed by atoms with E-state index in [1.54, 1.807) is 0 Å². The molecule has 0 radical (unpaired) electrons. The van der Waals surface area contributed by atoms with Crippen LogP contribution in [0.1, 0.15) is 38.5 Å². The Labute approximate surface area is 79.7 Å². The normalized spacial score (nSPS) is 56.2. The van der Waals surface area contributed by atoms with E-state index in [0.717, 1.165) is 23.6 Å². The van der Waals surface area contributed by atoms with Crippen LogP contribution < -0.4 is 0 Å². The lowest BCUT2D eigenvalue weighted by molar-refractivity contribution is -0.0389. The molecule has 0 aromatic rings. The van der Waals surface area contributed by atoms with Crippen LogP contribution in [0.3, 0.4) is 0 Å². The van der Waals surface area contributed by atoms with Gasteiger partial charge < -0.3 is 0 Å². The topological polar surface area (TPSA) is 0 Å². The molecule has 68 valence electrons. The summed E-state index contributed by atoms with van der Waals surface area (Å²) in [5.41, 5.74) is 0.607. The fourth-order valence-electron chi connectivity index (χ4n) is 4.45. The zero-order valence-electron chi connectivity index (χ0n) is 7.56. The monoisotopic (exact) mass is 184 g/mol. The van der Waals surface area contributed by atoms with Gasteiger partial charge in [-0.05, 0) is 61.7 Å². The van der Waals surface area contributed by atoms with Gasteiger partial charge in [-0.2, -0.15) is 0 Å². The van der Waals surface area contributed by atoms with E-state index in [2.05, 4.69) is 0 Å². The van der Waals surface area contributed by atoms with Crippen molar-refractivity contribution in [1.29, 1.82) is 0 Å². The highest BCUT2D eigenvalue weighted by Crippen LogP contribution is 2.60. The van der Waals surface area contributed by atoms with E-state index < -0.39 is 0 Å². The largest absolute Gasteiger partial charge is 0.126 e. The van der Waals surface area contributed by atoms with Crippen LogP contribution in [0.5, 0.6) is 0 Å². The standard InChI is InChI=1S/C11H17Cl/c12-7-11-4-8-1-9(5-11)3-10(2-8)6-11/h8-10H,1-7H2. The smallest absolute Gasteiger partial charge is 0.0280 e. The van der Waals surface area contributed by atoms with E-state index in [1.165, 1.54) is 38.5 Å². The Bertz CT molecular complexity index is 162. The molecule has 0 atom stereocenters. The van der Waals surface area contributed by atoms with E-state index in [9.17, 15) is 0 Å². The molecule has 4 aliphatic rings. The third-order valence-electron chi connectivity index (χ3n) is 4.45. The van der Waals surface area contributed by atoms with Crippen molar-refractivity contribution in [3.8, 4) is 0 Å². The summed E-state index contributed by atoms with van der Waals surface area (Å²) in [4.78, 5) is 0. The molecule has 0 spiro atoms. The lowest BCUT2D eigenvalue weighted by Crippen LogP contribution is -2.46. The number of alkyl halides is 1. The zero-order valence-corrected chi connectivity index (χ0v) is 8.32. The van der Waals surface area contributed by atoms with Crippen molar-refractivity contribution in [3.63, 3.8) is 0 Å². The molecule has 4 aliphatic carbocycles. The Morgan fingerprint density at radius 2 is 1.33 bits per heavy atom. The van der Waals surface area contributed by atoms with Crippen molar-refractivity contribution in [2.75, 3.05) is 5.88 Å². The molecule has 0 aromatic heterocycles. The molecular weight excluding hydrogens is 168 g/mol. The van der Waals surface area contributed by atoms with Crippen LogP contribution in [0.15, 0.2) is 0 Å². The summed E-state index contributed by atoms with van der Waals surface area (Å²) in [5, 5.41) is 0. The SMILES string of the molecule is ClCC12CC3CC(CC(C3)C1)C2. The highest BCUT2D eigenvalue weighted by molar-refractivity contribution is 6.18.